The van der Waals surface area contributed by atoms with Gasteiger partial charge in [0.15, 0.2) is 0 Å². The van der Waals surface area contributed by atoms with Crippen LogP contribution in [0.3, 0.4) is 0 Å². The van der Waals surface area contributed by atoms with Crippen molar-refractivity contribution < 1.29 is 32.2 Å². The van der Waals surface area contributed by atoms with Crippen molar-refractivity contribution in [1.29, 1.82) is 0 Å². The van der Waals surface area contributed by atoms with E-state index in [0.717, 1.165) is 6.54 Å². The summed E-state index contributed by atoms with van der Waals surface area (Å²) in [6.07, 6.45) is -0.566. The number of aliphatic hydroxyl groups is 3. The van der Waals surface area contributed by atoms with Gasteiger partial charge in [0.2, 0.25) is 6.29 Å². The van der Waals surface area contributed by atoms with Gasteiger partial charge in [0, 0.05) is 13.0 Å². The van der Waals surface area contributed by atoms with Crippen molar-refractivity contribution in [3.05, 3.63) is 0 Å². The molecule has 0 unspecified atom stereocenters. The van der Waals surface area contributed by atoms with Crippen LogP contribution in [0.1, 0.15) is 6.42 Å². The van der Waals surface area contributed by atoms with Gasteiger partial charge in [-0.1, -0.05) is 0 Å². The second-order valence-electron chi connectivity index (χ2n) is 3.40. The van der Waals surface area contributed by atoms with Gasteiger partial charge in [-0.15, -0.1) is 0 Å². The molecule has 0 aromatic rings. The van der Waals surface area contributed by atoms with Gasteiger partial charge in [-0.2, -0.15) is 0 Å². The maximum atomic E-state index is 8.66. The van der Waals surface area contributed by atoms with E-state index in [9.17, 15) is 0 Å². The van der Waals surface area contributed by atoms with Crippen LogP contribution in [-0.2, 0) is 0 Å². The quantitative estimate of drug-likeness (QED) is 0.311. The Bertz CT molecular complexity index is 109. The lowest BCUT2D eigenvalue weighted by molar-refractivity contribution is -0.896. The van der Waals surface area contributed by atoms with E-state index < -0.39 is 6.29 Å². The molecule has 5 heteroatoms. The highest BCUT2D eigenvalue weighted by atomic mass is 35.5. The second-order valence-corrected chi connectivity index (χ2v) is 3.40. The minimum Gasteiger partial charge on any atom is -1.00 e. The molecule has 76 valence electrons. The van der Waals surface area contributed by atoms with Crippen molar-refractivity contribution in [3.8, 4) is 0 Å². The summed E-state index contributed by atoms with van der Waals surface area (Å²) in [5.41, 5.74) is 0. The highest BCUT2D eigenvalue weighted by Gasteiger charge is 2.17. The van der Waals surface area contributed by atoms with Gasteiger partial charge >= 0.3 is 0 Å². The third kappa shape index (κ3) is 8.23. The standard InChI is InChI=1S/C7H18NO3.ClH/c1-8(2,4-3-5-9)6-7(10)11;/h7,9-11H,3-6H2,1-2H3;1H/q+1;/p-1. The van der Waals surface area contributed by atoms with Crippen LogP contribution in [0.25, 0.3) is 0 Å². The zero-order valence-corrected chi connectivity index (χ0v) is 8.33. The van der Waals surface area contributed by atoms with E-state index in [2.05, 4.69) is 0 Å². The van der Waals surface area contributed by atoms with E-state index in [0.29, 0.717) is 17.4 Å². The van der Waals surface area contributed by atoms with Crippen LogP contribution in [-0.4, -0.2) is 59.9 Å². The zero-order valence-electron chi connectivity index (χ0n) is 7.57. The Balaban J connectivity index is 0. The normalized spacial score (nSPS) is 11.5. The van der Waals surface area contributed by atoms with Crippen LogP contribution in [0.15, 0.2) is 0 Å². The van der Waals surface area contributed by atoms with E-state index >= 15 is 0 Å². The molecular weight excluding hydrogens is 182 g/mol. The third-order valence-corrected chi connectivity index (χ3v) is 1.58. The first kappa shape index (κ1) is 14.6. The first-order valence-electron chi connectivity index (χ1n) is 3.77. The number of rotatable bonds is 5. The molecule has 0 amide bonds. The molecule has 0 rings (SSSR count). The molecule has 12 heavy (non-hydrogen) atoms. The fourth-order valence-corrected chi connectivity index (χ4v) is 1.03. The van der Waals surface area contributed by atoms with Gasteiger partial charge in [0.25, 0.3) is 0 Å². The summed E-state index contributed by atoms with van der Waals surface area (Å²) in [6, 6.07) is 0. The van der Waals surface area contributed by atoms with E-state index in [-0.39, 0.29) is 19.0 Å². The largest absolute Gasteiger partial charge is 1.00 e. The van der Waals surface area contributed by atoms with Gasteiger partial charge in [0.05, 0.1) is 20.6 Å². The van der Waals surface area contributed by atoms with Gasteiger partial charge < -0.3 is 32.2 Å². The summed E-state index contributed by atoms with van der Waals surface area (Å²) in [7, 11) is 3.80. The molecule has 3 N–H and O–H groups in total. The Morgan fingerprint density at radius 1 is 1.25 bits per heavy atom. The first-order chi connectivity index (χ1) is 4.98. The number of likely N-dealkylation sites (N-methyl/N-ethyl adjacent to an activating group) is 1. The Morgan fingerprint density at radius 3 is 2.08 bits per heavy atom. The number of hydrogen-bond acceptors (Lipinski definition) is 3. The van der Waals surface area contributed by atoms with E-state index in [1.807, 2.05) is 14.1 Å². The monoisotopic (exact) mass is 199 g/mol. The molecule has 0 radical (unpaired) electrons. The third-order valence-electron chi connectivity index (χ3n) is 1.58. The Hall–Kier alpha value is 0.130. The fourth-order valence-electron chi connectivity index (χ4n) is 1.03. The van der Waals surface area contributed by atoms with Gasteiger partial charge in [-0.25, -0.2) is 0 Å². The van der Waals surface area contributed by atoms with Gasteiger partial charge in [-0.05, 0) is 0 Å². The van der Waals surface area contributed by atoms with Gasteiger partial charge in [-0.3, -0.25) is 0 Å². The maximum absolute atomic E-state index is 8.66. The Labute approximate surface area is 79.4 Å². The Morgan fingerprint density at radius 2 is 1.75 bits per heavy atom. The average Bonchev–Trinajstić information content (AvgIpc) is 1.81. The molecule has 4 nitrogen and oxygen atoms in total. The van der Waals surface area contributed by atoms with Crippen molar-refractivity contribution in [2.45, 2.75) is 12.7 Å². The lowest BCUT2D eigenvalue weighted by Crippen LogP contribution is -3.00. The first-order valence-corrected chi connectivity index (χ1v) is 3.77. The summed E-state index contributed by atoms with van der Waals surface area (Å²) in [5, 5.41) is 25.9. The predicted molar refractivity (Wildman–Crippen MR) is 41.8 cm³/mol. The van der Waals surface area contributed by atoms with Crippen LogP contribution >= 0.6 is 0 Å². The summed E-state index contributed by atoms with van der Waals surface area (Å²) in [6.45, 7) is 1.22. The van der Waals surface area contributed by atoms with Crippen LogP contribution < -0.4 is 12.4 Å². The van der Waals surface area contributed by atoms with Crippen LogP contribution in [0.2, 0.25) is 0 Å². The molecule has 0 aliphatic rings. The minimum atomic E-state index is -1.26. The molecule has 0 aliphatic carbocycles. The number of aliphatic hydroxyl groups excluding tert-OH is 2. The van der Waals surface area contributed by atoms with Crippen molar-refractivity contribution in [2.75, 3.05) is 33.8 Å². The smallest absolute Gasteiger partial charge is 0.202 e. The zero-order chi connectivity index (χ0) is 8.91. The van der Waals surface area contributed by atoms with Crippen LogP contribution in [0.5, 0.6) is 0 Å². The Kier molecular flexibility index (Phi) is 8.08. The molecule has 0 aliphatic heterocycles. The maximum Gasteiger partial charge on any atom is 0.202 e. The highest BCUT2D eigenvalue weighted by molar-refractivity contribution is 4.37. The van der Waals surface area contributed by atoms with E-state index in [4.69, 9.17) is 15.3 Å². The number of quaternary nitrogens is 1. The second kappa shape index (κ2) is 6.62. The van der Waals surface area contributed by atoms with Crippen LogP contribution in [0, 0.1) is 0 Å². The van der Waals surface area contributed by atoms with Crippen molar-refractivity contribution in [1.82, 2.24) is 0 Å². The average molecular weight is 200 g/mol. The lowest BCUT2D eigenvalue weighted by atomic mass is 10.3. The van der Waals surface area contributed by atoms with E-state index in [1.165, 1.54) is 0 Å². The SMILES string of the molecule is C[N+](C)(CCCO)CC(O)O.[Cl-]. The van der Waals surface area contributed by atoms with Crippen molar-refractivity contribution >= 4 is 0 Å². The number of hydrogen-bond donors (Lipinski definition) is 3. The van der Waals surface area contributed by atoms with Crippen molar-refractivity contribution in [2.24, 2.45) is 0 Å². The molecule has 0 spiro atoms. The molecule has 0 aromatic carbocycles. The summed E-state index contributed by atoms with van der Waals surface area (Å²) >= 11 is 0. The van der Waals surface area contributed by atoms with Crippen molar-refractivity contribution in [3.63, 3.8) is 0 Å². The van der Waals surface area contributed by atoms with E-state index in [1.54, 1.807) is 0 Å². The molecule has 0 aromatic heterocycles. The molecule has 0 saturated heterocycles. The number of halogens is 1. The predicted octanol–water partition coefficient (Wildman–Crippen LogP) is -4.24. The summed E-state index contributed by atoms with van der Waals surface area (Å²) in [4.78, 5) is 0. The molecule has 0 heterocycles. The number of nitrogens with zero attached hydrogens (tertiary/aromatic N) is 1. The fraction of sp³-hybridized carbons (Fsp3) is 1.00. The highest BCUT2D eigenvalue weighted by Crippen LogP contribution is 1.99. The van der Waals surface area contributed by atoms with Crippen LogP contribution in [0.4, 0.5) is 0 Å². The minimum absolute atomic E-state index is 0. The summed E-state index contributed by atoms with van der Waals surface area (Å²) < 4.78 is 0.526. The summed E-state index contributed by atoms with van der Waals surface area (Å²) in [5.74, 6) is 0. The molecular formula is C7H18ClNO3. The topological polar surface area (TPSA) is 60.7 Å². The molecule has 0 saturated carbocycles. The molecule has 0 bridgehead atoms. The molecule has 0 fully saturated rings. The molecule has 0 atom stereocenters. The van der Waals surface area contributed by atoms with Gasteiger partial charge in [0.1, 0.15) is 6.54 Å². The lowest BCUT2D eigenvalue weighted by Gasteiger charge is -2.29.